The highest BCUT2D eigenvalue weighted by Gasteiger charge is 2.28. The molecule has 19 aromatic rings. The summed E-state index contributed by atoms with van der Waals surface area (Å²) < 4.78 is 6.90. The fourth-order valence-electron chi connectivity index (χ4n) is 19.1. The molecule has 0 radical (unpaired) electrons. The lowest BCUT2D eigenvalue weighted by atomic mass is 10.0. The molecule has 4 N–H and O–H groups in total. The Bertz CT molecular complexity index is 8180. The van der Waals surface area contributed by atoms with Crippen molar-refractivity contribution in [1.82, 2.24) is 92.7 Å². The van der Waals surface area contributed by atoms with Crippen molar-refractivity contribution < 1.29 is 0 Å². The molecule has 0 spiro atoms. The molecule has 149 heavy (non-hydrogen) atoms. The summed E-state index contributed by atoms with van der Waals surface area (Å²) in [5.41, 5.74) is 17.6. The zero-order chi connectivity index (χ0) is 102. The maximum absolute atomic E-state index is 13.5. The minimum atomic E-state index is -0.0692. The Morgan fingerprint density at radius 3 is 0.933 bits per heavy atom. The van der Waals surface area contributed by atoms with Crippen LogP contribution in [0.25, 0.3) is 118 Å². The van der Waals surface area contributed by atoms with Crippen LogP contribution < -0.4 is 63.1 Å². The number of thiophene rings is 3. The van der Waals surface area contributed by atoms with E-state index in [1.54, 1.807) is 101 Å². The van der Waals surface area contributed by atoms with Crippen LogP contribution in [0.2, 0.25) is 0 Å². The van der Waals surface area contributed by atoms with Gasteiger partial charge in [-0.05, 0) is 261 Å². The second-order valence-electron chi connectivity index (χ2n) is 37.9. The average molecular weight is 2060 g/mol. The Balaban J connectivity index is 0.000000116. The molecule has 5 fully saturated rings. The maximum atomic E-state index is 13.5. The molecule has 24 rings (SSSR count). The quantitative estimate of drug-likeness (QED) is 0.0437. The van der Waals surface area contributed by atoms with E-state index in [0.717, 1.165) is 206 Å². The van der Waals surface area contributed by atoms with E-state index in [1.165, 1.54) is 40.5 Å². The summed E-state index contributed by atoms with van der Waals surface area (Å²) in [6.07, 6.45) is 18.7. The van der Waals surface area contributed by atoms with Gasteiger partial charge in [0.25, 0.3) is 22.2 Å². The first kappa shape index (κ1) is 99.5. The Hall–Kier alpha value is -15.5. The number of fused-ring (bicyclic) bond motifs is 4. The monoisotopic (exact) mass is 2060 g/mol. The molecule has 18 heterocycles. The largest absolute Gasteiger partial charge is 0.369 e. The van der Waals surface area contributed by atoms with Gasteiger partial charge in [0.2, 0.25) is 23.8 Å². The van der Waals surface area contributed by atoms with Crippen molar-refractivity contribution in [3.8, 4) is 73.9 Å². The standard InChI is InChI=1S/C31H31N7O.C29H29N7OS.C27H27N7OS2.C27H30N6OS/c1-3-38-29-25(19-28(30(38)39)23-8-6-22(7-9-23)24-5-4-14-32-20-24)21-33-31(35-29)34-26-10-12-27(13-11-26)37-17-15-36(2)16-18-37;1-3-36-27-21(17-24(28(36)37)26-11-10-25(38-26)20-5-4-12-30-18-20)19-31-29(33-27)32-22-6-8-23(9-7-22)35-15-13-34(2)14-16-35;1-3-34-24-18(16-21(26(34)35)22-8-9-23(37-22)25-28-10-15-36-25)17-29-27(31-24)30-19-4-6-20(7-5-19)33-13-11-32(2)12-14-33;1-3-33-25-19(16-22(26(33)34)24-11-10-23(35-24)18-4-5-18)17-28-27(30-25)29-20-6-8-21(9-7-20)32-14-12-31(2)13-15-32/h4-14,19-21H,3,15-18H2,1-2H3,(H,33,34,35);4-12,17-19H,3,13-16H2,1-2H3,(H,31,32,33);4-10,15-17H,3,11-14H2,1-2H3,(H,29,30,31);6-11,16-18H,3-5,12-15H2,1-2H3,(H,28,29,30). The number of pyridine rings is 6. The molecule has 4 saturated heterocycles. The number of hydrogen-bond donors (Lipinski definition) is 4. The maximum Gasteiger partial charge on any atom is 0.260 e. The minimum absolute atomic E-state index is 0.00498. The van der Waals surface area contributed by atoms with Crippen LogP contribution in [0.4, 0.5) is 69.3 Å². The van der Waals surface area contributed by atoms with E-state index in [4.69, 9.17) is 19.9 Å². The molecular weight excluding hydrogens is 1940 g/mol. The summed E-state index contributed by atoms with van der Waals surface area (Å²) in [5, 5.41) is 19.5. The van der Waals surface area contributed by atoms with Gasteiger partial charge >= 0.3 is 0 Å². The van der Waals surface area contributed by atoms with Crippen molar-refractivity contribution in [1.29, 1.82) is 0 Å². The third kappa shape index (κ3) is 22.7. The molecule has 1 aliphatic carbocycles. The van der Waals surface area contributed by atoms with Crippen molar-refractivity contribution >= 4 is 159 Å². The Labute approximate surface area is 879 Å². The molecule has 0 bridgehead atoms. The van der Waals surface area contributed by atoms with Gasteiger partial charge in [0.1, 0.15) is 27.6 Å². The SMILES string of the molecule is CCn1c(=O)c(-c2ccc(-c3cccnc3)cc2)cc2cnc(Nc3ccc(N4CCN(C)CC4)cc3)nc21.CCn1c(=O)c(-c2ccc(-c3cccnc3)s2)cc2cnc(Nc3ccc(N4CCN(C)CC4)cc3)nc21.CCn1c(=O)c(-c2ccc(-c3nccs3)s2)cc2cnc(Nc3ccc(N4CCN(C)CC4)cc3)nc21.CCn1c(=O)c(-c2ccc(C3CC3)s2)cc2cnc(Nc3ccc(N4CCN(C)CC4)cc3)nc21. The van der Waals surface area contributed by atoms with E-state index >= 15 is 0 Å². The van der Waals surface area contributed by atoms with Crippen molar-refractivity contribution in [3.63, 3.8) is 0 Å². The van der Waals surface area contributed by atoms with E-state index in [2.05, 4.69) is 196 Å². The third-order valence-corrected chi connectivity index (χ3v) is 32.4. The number of piperazine rings is 4. The van der Waals surface area contributed by atoms with Gasteiger partial charge in [-0.3, -0.25) is 47.4 Å². The molecule has 5 aromatic carbocycles. The predicted molar refractivity (Wildman–Crippen MR) is 611 cm³/mol. The van der Waals surface area contributed by atoms with E-state index in [1.807, 2.05) is 185 Å². The topological polar surface area (TPSA) is 304 Å². The first-order valence-corrected chi connectivity index (χ1v) is 54.1. The van der Waals surface area contributed by atoms with Crippen LogP contribution in [0.15, 0.2) is 287 Å². The summed E-state index contributed by atoms with van der Waals surface area (Å²) in [6.45, 7) is 26.9. The number of hydrogen-bond acceptors (Lipinski definition) is 31. The highest BCUT2D eigenvalue weighted by atomic mass is 32.1. The van der Waals surface area contributed by atoms with Gasteiger partial charge in [0.15, 0.2) is 0 Å². The van der Waals surface area contributed by atoms with E-state index in [0.29, 0.717) is 95.2 Å². The van der Waals surface area contributed by atoms with Gasteiger partial charge in [-0.1, -0.05) is 36.4 Å². The van der Waals surface area contributed by atoms with Crippen molar-refractivity contribution in [2.75, 3.05) is 174 Å². The van der Waals surface area contributed by atoms with E-state index in [9.17, 15) is 19.2 Å². The molecule has 0 unspecified atom stereocenters. The van der Waals surface area contributed by atoms with Crippen LogP contribution >= 0.6 is 45.3 Å². The molecule has 756 valence electrons. The van der Waals surface area contributed by atoms with Crippen LogP contribution in [-0.4, -0.2) is 226 Å². The second kappa shape index (κ2) is 45.1. The summed E-state index contributed by atoms with van der Waals surface area (Å²) in [7, 11) is 8.65. The van der Waals surface area contributed by atoms with Crippen LogP contribution in [0, 0.1) is 0 Å². The summed E-state index contributed by atoms with van der Waals surface area (Å²) >= 11 is 6.50. The molecular formula is C114H117N27O4S4. The van der Waals surface area contributed by atoms with Gasteiger partial charge in [0, 0.05) is 295 Å². The van der Waals surface area contributed by atoms with Gasteiger partial charge in [-0.2, -0.15) is 19.9 Å². The van der Waals surface area contributed by atoms with Gasteiger partial charge < -0.3 is 60.5 Å². The number of aromatic nitrogens is 15. The van der Waals surface area contributed by atoms with Crippen molar-refractivity contribution in [2.24, 2.45) is 0 Å². The lowest BCUT2D eigenvalue weighted by Gasteiger charge is -2.34. The van der Waals surface area contributed by atoms with Crippen LogP contribution in [0.1, 0.15) is 51.3 Å². The molecule has 0 atom stereocenters. The van der Waals surface area contributed by atoms with Gasteiger partial charge in [-0.15, -0.1) is 45.3 Å². The number of thiazole rings is 1. The number of likely N-dealkylation sites (N-methyl/N-ethyl adjacent to an activating group) is 4. The normalized spacial score (nSPS) is 14.8. The predicted octanol–water partition coefficient (Wildman–Crippen LogP) is 20.2. The molecule has 14 aromatic heterocycles. The Morgan fingerprint density at radius 2 is 0.604 bits per heavy atom. The smallest absolute Gasteiger partial charge is 0.260 e. The number of aryl methyl sites for hydroxylation is 4. The second-order valence-corrected chi connectivity index (χ2v) is 42.0. The molecule has 5 aliphatic rings. The van der Waals surface area contributed by atoms with E-state index < -0.39 is 0 Å². The summed E-state index contributed by atoms with van der Waals surface area (Å²) in [5.74, 6) is 2.58. The highest BCUT2D eigenvalue weighted by Crippen LogP contribution is 2.46. The van der Waals surface area contributed by atoms with Gasteiger partial charge in [0.05, 0.1) is 21.6 Å². The minimum Gasteiger partial charge on any atom is -0.369 e. The lowest BCUT2D eigenvalue weighted by molar-refractivity contribution is 0.313. The molecule has 0 amide bonds. The first-order chi connectivity index (χ1) is 72.8. The molecule has 4 aliphatic heterocycles. The number of rotatable bonds is 24. The summed E-state index contributed by atoms with van der Waals surface area (Å²) in [4.78, 5) is 129. The number of nitrogens with one attached hydrogen (secondary N) is 4. The summed E-state index contributed by atoms with van der Waals surface area (Å²) in [6, 6.07) is 69.3. The zero-order valence-electron chi connectivity index (χ0n) is 84.6. The Kier molecular flexibility index (Phi) is 30.1. The number of nitrogens with zero attached hydrogens (tertiary/aromatic N) is 23. The zero-order valence-corrected chi connectivity index (χ0v) is 87.9. The fourth-order valence-corrected chi connectivity index (χ4v) is 23.1. The lowest BCUT2D eigenvalue weighted by Crippen LogP contribution is -2.44. The van der Waals surface area contributed by atoms with Crippen molar-refractivity contribution in [3.05, 3.63) is 314 Å². The van der Waals surface area contributed by atoms with Crippen LogP contribution in [0.3, 0.4) is 0 Å². The van der Waals surface area contributed by atoms with Crippen LogP contribution in [-0.2, 0) is 26.2 Å². The van der Waals surface area contributed by atoms with Crippen molar-refractivity contribution in [2.45, 2.75) is 72.6 Å². The number of anilines is 12. The first-order valence-electron chi connectivity index (χ1n) is 50.8. The average Bonchev–Trinajstić information content (AvgIpc) is 1.66. The highest BCUT2D eigenvalue weighted by molar-refractivity contribution is 7.23. The fraction of sp³-hybridized carbons (Fsp3) is 0.272. The Morgan fingerprint density at radius 1 is 0.295 bits per heavy atom. The molecule has 1 saturated carbocycles. The van der Waals surface area contributed by atoms with E-state index in [-0.39, 0.29) is 22.2 Å². The molecule has 35 heteroatoms. The third-order valence-electron chi connectivity index (χ3n) is 27.9. The number of benzene rings is 5. The molecule has 31 nitrogen and oxygen atoms in total. The van der Waals surface area contributed by atoms with Crippen LogP contribution in [0.5, 0.6) is 0 Å². The van der Waals surface area contributed by atoms with Gasteiger partial charge in [-0.25, -0.2) is 24.9 Å².